The third-order valence-corrected chi connectivity index (χ3v) is 2.08. The van der Waals surface area contributed by atoms with Crippen molar-refractivity contribution in [1.29, 1.82) is 0 Å². The first kappa shape index (κ1) is 8.75. The number of alkyl halides is 1. The van der Waals surface area contributed by atoms with Gasteiger partial charge in [-0.05, 0) is 12.5 Å². The third-order valence-electron chi connectivity index (χ3n) is 1.58. The zero-order chi connectivity index (χ0) is 8.27. The van der Waals surface area contributed by atoms with Crippen molar-refractivity contribution in [1.82, 2.24) is 0 Å². The summed E-state index contributed by atoms with van der Waals surface area (Å²) < 4.78 is 0. The fourth-order valence-corrected chi connectivity index (χ4v) is 1.22. The highest BCUT2D eigenvalue weighted by Gasteiger charge is 2.11. The topological polar surface area (TPSA) is 20.2 Å². The normalized spacial score (nSPS) is 15.9. The van der Waals surface area contributed by atoms with E-state index in [0.717, 1.165) is 5.56 Å². The van der Waals surface area contributed by atoms with Crippen molar-refractivity contribution in [2.24, 2.45) is 0 Å². The van der Waals surface area contributed by atoms with Gasteiger partial charge in [0.05, 0.1) is 6.10 Å². The Hall–Kier alpha value is -0.340. The molecule has 1 rings (SSSR count). The first-order valence-electron chi connectivity index (χ1n) is 3.59. The molecule has 0 aromatic heterocycles. The standard InChI is InChI=1S/C9H11BrO/c1-7(10)9(11)8-5-3-2-4-6-8/h2-7,9,11H,1H3/t7-,9-/m1/s1. The van der Waals surface area contributed by atoms with Gasteiger partial charge in [0.2, 0.25) is 0 Å². The van der Waals surface area contributed by atoms with E-state index in [4.69, 9.17) is 0 Å². The number of halogens is 1. The summed E-state index contributed by atoms with van der Waals surface area (Å²) >= 11 is 3.33. The lowest BCUT2D eigenvalue weighted by Crippen LogP contribution is -2.06. The molecule has 0 amide bonds. The molecule has 0 aliphatic rings. The molecule has 1 aromatic rings. The van der Waals surface area contributed by atoms with Crippen molar-refractivity contribution < 1.29 is 5.11 Å². The van der Waals surface area contributed by atoms with E-state index in [-0.39, 0.29) is 4.83 Å². The fraction of sp³-hybridized carbons (Fsp3) is 0.333. The fourth-order valence-electron chi connectivity index (χ4n) is 0.915. The van der Waals surface area contributed by atoms with Crippen LogP contribution in [0.25, 0.3) is 0 Å². The molecule has 0 heterocycles. The Morgan fingerprint density at radius 2 is 1.82 bits per heavy atom. The van der Waals surface area contributed by atoms with Crippen molar-refractivity contribution in [2.75, 3.05) is 0 Å². The maximum atomic E-state index is 9.55. The van der Waals surface area contributed by atoms with Crippen LogP contribution < -0.4 is 0 Å². The number of hydrogen-bond acceptors (Lipinski definition) is 1. The van der Waals surface area contributed by atoms with Crippen LogP contribution in [0.2, 0.25) is 0 Å². The summed E-state index contributed by atoms with van der Waals surface area (Å²) in [6.45, 7) is 1.93. The van der Waals surface area contributed by atoms with Gasteiger partial charge in [-0.2, -0.15) is 0 Å². The largest absolute Gasteiger partial charge is 0.387 e. The Bertz CT molecular complexity index is 208. The zero-order valence-electron chi connectivity index (χ0n) is 6.37. The molecule has 0 fully saturated rings. The van der Waals surface area contributed by atoms with Gasteiger partial charge in [-0.3, -0.25) is 0 Å². The second-order valence-electron chi connectivity index (χ2n) is 2.53. The molecule has 0 saturated carbocycles. The number of hydrogen-bond donors (Lipinski definition) is 1. The van der Waals surface area contributed by atoms with E-state index < -0.39 is 6.10 Å². The highest BCUT2D eigenvalue weighted by Crippen LogP contribution is 2.20. The van der Waals surface area contributed by atoms with Crippen LogP contribution in [0.1, 0.15) is 18.6 Å². The molecule has 60 valence electrons. The van der Waals surface area contributed by atoms with Gasteiger partial charge < -0.3 is 5.11 Å². The number of benzene rings is 1. The molecule has 0 unspecified atom stereocenters. The van der Waals surface area contributed by atoms with Gasteiger partial charge in [-0.15, -0.1) is 0 Å². The molecule has 1 nitrogen and oxygen atoms in total. The van der Waals surface area contributed by atoms with Crippen LogP contribution in [-0.2, 0) is 0 Å². The number of rotatable bonds is 2. The van der Waals surface area contributed by atoms with Crippen LogP contribution in [0.3, 0.4) is 0 Å². The van der Waals surface area contributed by atoms with Crippen LogP contribution in [0.5, 0.6) is 0 Å². The lowest BCUT2D eigenvalue weighted by molar-refractivity contribution is 0.181. The SMILES string of the molecule is C[C@@H](Br)[C@@H](O)c1ccccc1. The molecule has 2 heteroatoms. The summed E-state index contributed by atoms with van der Waals surface area (Å²) in [4.78, 5) is 0.102. The lowest BCUT2D eigenvalue weighted by Gasteiger charge is -2.12. The first-order valence-corrected chi connectivity index (χ1v) is 4.50. The van der Waals surface area contributed by atoms with Gasteiger partial charge in [-0.25, -0.2) is 0 Å². The molecule has 0 saturated heterocycles. The summed E-state index contributed by atoms with van der Waals surface area (Å²) in [5.41, 5.74) is 0.955. The van der Waals surface area contributed by atoms with Crippen molar-refractivity contribution in [3.05, 3.63) is 35.9 Å². The molecule has 1 aromatic carbocycles. The van der Waals surface area contributed by atoms with Crippen molar-refractivity contribution >= 4 is 15.9 Å². The quantitative estimate of drug-likeness (QED) is 0.751. The van der Waals surface area contributed by atoms with E-state index in [9.17, 15) is 5.11 Å². The minimum absolute atomic E-state index is 0.102. The summed E-state index contributed by atoms with van der Waals surface area (Å²) in [6.07, 6.45) is -0.406. The summed E-state index contributed by atoms with van der Waals surface area (Å²) in [7, 11) is 0. The molecule has 0 bridgehead atoms. The second-order valence-corrected chi connectivity index (χ2v) is 3.98. The van der Waals surface area contributed by atoms with Gasteiger partial charge in [0.15, 0.2) is 0 Å². The number of aliphatic hydroxyl groups excluding tert-OH is 1. The average Bonchev–Trinajstić information content (AvgIpc) is 2.05. The van der Waals surface area contributed by atoms with Crippen molar-refractivity contribution in [3.63, 3.8) is 0 Å². The van der Waals surface area contributed by atoms with Gasteiger partial charge in [0.1, 0.15) is 0 Å². The molecule has 0 aliphatic carbocycles. The third kappa shape index (κ3) is 2.31. The molecular weight excluding hydrogens is 204 g/mol. The van der Waals surface area contributed by atoms with E-state index in [1.165, 1.54) is 0 Å². The van der Waals surface area contributed by atoms with Crippen LogP contribution in [0.15, 0.2) is 30.3 Å². The van der Waals surface area contributed by atoms with Crippen molar-refractivity contribution in [3.8, 4) is 0 Å². The van der Waals surface area contributed by atoms with Gasteiger partial charge in [0, 0.05) is 4.83 Å². The summed E-state index contributed by atoms with van der Waals surface area (Å²) in [6, 6.07) is 9.63. The molecule has 0 spiro atoms. The summed E-state index contributed by atoms with van der Waals surface area (Å²) in [5, 5.41) is 9.55. The maximum Gasteiger partial charge on any atom is 0.0912 e. The van der Waals surface area contributed by atoms with Gasteiger partial charge >= 0.3 is 0 Å². The Labute approximate surface area is 75.2 Å². The minimum atomic E-state index is -0.406. The smallest absolute Gasteiger partial charge is 0.0912 e. The average molecular weight is 215 g/mol. The van der Waals surface area contributed by atoms with Crippen LogP contribution in [-0.4, -0.2) is 9.93 Å². The Kier molecular flexibility index (Phi) is 3.09. The highest BCUT2D eigenvalue weighted by atomic mass is 79.9. The number of aliphatic hydroxyl groups is 1. The molecule has 2 atom stereocenters. The summed E-state index contributed by atoms with van der Waals surface area (Å²) in [5.74, 6) is 0. The molecule has 1 N–H and O–H groups in total. The van der Waals surface area contributed by atoms with Crippen LogP contribution in [0.4, 0.5) is 0 Å². The predicted octanol–water partition coefficient (Wildman–Crippen LogP) is 2.50. The maximum absolute atomic E-state index is 9.55. The van der Waals surface area contributed by atoms with E-state index in [2.05, 4.69) is 15.9 Å². The molecule has 0 radical (unpaired) electrons. The molecular formula is C9H11BrO. The predicted molar refractivity (Wildman–Crippen MR) is 49.8 cm³/mol. The lowest BCUT2D eigenvalue weighted by atomic mass is 10.1. The Morgan fingerprint density at radius 3 is 2.27 bits per heavy atom. The van der Waals surface area contributed by atoms with E-state index in [1.807, 2.05) is 37.3 Å². The van der Waals surface area contributed by atoms with Crippen molar-refractivity contribution in [2.45, 2.75) is 17.9 Å². The van der Waals surface area contributed by atoms with Gasteiger partial charge in [-0.1, -0.05) is 46.3 Å². The van der Waals surface area contributed by atoms with Crippen LogP contribution in [0, 0.1) is 0 Å². The highest BCUT2D eigenvalue weighted by molar-refractivity contribution is 9.09. The van der Waals surface area contributed by atoms with Crippen LogP contribution >= 0.6 is 15.9 Å². The Balaban J connectivity index is 2.77. The zero-order valence-corrected chi connectivity index (χ0v) is 7.95. The van der Waals surface area contributed by atoms with E-state index >= 15 is 0 Å². The Morgan fingerprint density at radius 1 is 1.27 bits per heavy atom. The van der Waals surface area contributed by atoms with E-state index in [0.29, 0.717) is 0 Å². The van der Waals surface area contributed by atoms with E-state index in [1.54, 1.807) is 0 Å². The molecule has 0 aliphatic heterocycles. The first-order chi connectivity index (χ1) is 5.22. The second kappa shape index (κ2) is 3.88. The molecule has 11 heavy (non-hydrogen) atoms. The monoisotopic (exact) mass is 214 g/mol. The minimum Gasteiger partial charge on any atom is -0.387 e. The van der Waals surface area contributed by atoms with Gasteiger partial charge in [0.25, 0.3) is 0 Å².